The number of halogens is 5. The van der Waals surface area contributed by atoms with E-state index in [1.54, 1.807) is 0 Å². The largest absolute Gasteiger partial charge is 0.417 e. The van der Waals surface area contributed by atoms with Gasteiger partial charge in [0.25, 0.3) is 5.91 Å². The standard InChI is InChI=1S/C19H16F5N5O2/c1-18(14(21)15(19(22,23)24)31-17(26)29-18)11-6-10(3-4-12(11)20)28-16(30)13-5-2-9(7-25)8-27-13/h2-6,8,14-15,17,29H,26H2,1H3,(H,28,30)/t14-,15+,17?,18+/m0/s1. The van der Waals surface area contributed by atoms with Crippen LogP contribution in [0, 0.1) is 17.1 Å². The molecule has 1 aliphatic heterocycles. The Bertz CT molecular complexity index is 1020. The summed E-state index contributed by atoms with van der Waals surface area (Å²) in [6, 6.07) is 7.51. The van der Waals surface area contributed by atoms with Crippen molar-refractivity contribution < 1.29 is 31.5 Å². The van der Waals surface area contributed by atoms with Gasteiger partial charge >= 0.3 is 6.18 Å². The number of hydrogen-bond donors (Lipinski definition) is 3. The highest BCUT2D eigenvalue weighted by atomic mass is 19.4. The predicted molar refractivity (Wildman–Crippen MR) is 97.6 cm³/mol. The Morgan fingerprint density at radius 1 is 1.35 bits per heavy atom. The highest BCUT2D eigenvalue weighted by Crippen LogP contribution is 2.41. The van der Waals surface area contributed by atoms with Crippen LogP contribution in [0.15, 0.2) is 36.5 Å². The van der Waals surface area contributed by atoms with Crippen LogP contribution in [0.3, 0.4) is 0 Å². The van der Waals surface area contributed by atoms with Crippen molar-refractivity contribution in [1.29, 1.82) is 5.26 Å². The lowest BCUT2D eigenvalue weighted by molar-refractivity contribution is -0.282. The fourth-order valence-corrected chi connectivity index (χ4v) is 3.20. The van der Waals surface area contributed by atoms with E-state index in [0.717, 1.165) is 25.1 Å². The third-order valence-corrected chi connectivity index (χ3v) is 4.78. The van der Waals surface area contributed by atoms with Crippen LogP contribution in [-0.4, -0.2) is 35.7 Å². The molecule has 1 aromatic carbocycles. The van der Waals surface area contributed by atoms with Gasteiger partial charge in [-0.05, 0) is 37.3 Å². The van der Waals surface area contributed by atoms with E-state index in [9.17, 15) is 26.7 Å². The van der Waals surface area contributed by atoms with Gasteiger partial charge in [0, 0.05) is 17.4 Å². The van der Waals surface area contributed by atoms with Crippen LogP contribution < -0.4 is 16.4 Å². The molecule has 1 amide bonds. The normalized spacial score (nSPS) is 26.2. The molecule has 4 atom stereocenters. The maximum Gasteiger partial charge on any atom is 0.417 e. The number of ether oxygens (including phenoxy) is 1. The van der Waals surface area contributed by atoms with Crippen molar-refractivity contribution in [3.63, 3.8) is 0 Å². The number of alkyl halides is 4. The molecule has 164 valence electrons. The van der Waals surface area contributed by atoms with Crippen LogP contribution in [-0.2, 0) is 10.3 Å². The quantitative estimate of drug-likeness (QED) is 0.632. The lowest BCUT2D eigenvalue weighted by Crippen LogP contribution is -2.68. The number of nitrogens with two attached hydrogens (primary N) is 1. The minimum absolute atomic E-state index is 0.0218. The summed E-state index contributed by atoms with van der Waals surface area (Å²) in [6.07, 6.45) is -11.2. The molecule has 3 rings (SSSR count). The van der Waals surface area contributed by atoms with Crippen molar-refractivity contribution in [3.8, 4) is 6.07 Å². The first-order valence-corrected chi connectivity index (χ1v) is 8.83. The molecule has 7 nitrogen and oxygen atoms in total. The first kappa shape index (κ1) is 22.5. The van der Waals surface area contributed by atoms with Gasteiger partial charge in [0.15, 0.2) is 18.6 Å². The van der Waals surface area contributed by atoms with E-state index in [4.69, 9.17) is 11.0 Å². The number of anilines is 1. The molecule has 12 heteroatoms. The summed E-state index contributed by atoms with van der Waals surface area (Å²) in [5, 5.41) is 13.5. The Labute approximate surface area is 173 Å². The Morgan fingerprint density at radius 2 is 2.06 bits per heavy atom. The molecular weight excluding hydrogens is 425 g/mol. The van der Waals surface area contributed by atoms with Crippen molar-refractivity contribution >= 4 is 11.6 Å². The summed E-state index contributed by atoms with van der Waals surface area (Å²) < 4.78 is 73.5. The number of carbonyl (C=O) groups excluding carboxylic acids is 1. The van der Waals surface area contributed by atoms with Gasteiger partial charge < -0.3 is 10.1 Å². The molecule has 4 N–H and O–H groups in total. The Morgan fingerprint density at radius 3 is 2.65 bits per heavy atom. The van der Waals surface area contributed by atoms with E-state index in [0.29, 0.717) is 0 Å². The molecule has 31 heavy (non-hydrogen) atoms. The number of amides is 1. The first-order chi connectivity index (χ1) is 14.5. The molecule has 0 radical (unpaired) electrons. The number of carbonyl (C=O) groups is 1. The topological polar surface area (TPSA) is 113 Å². The SMILES string of the molecule is C[C@]1(c2cc(NC(=O)c3ccc(C#N)cn3)ccc2F)NC(N)O[C@@H](C(F)(F)F)[C@@H]1F. The number of rotatable bonds is 3. The van der Waals surface area contributed by atoms with Crippen LogP contribution in [0.1, 0.15) is 28.5 Å². The predicted octanol–water partition coefficient (Wildman–Crippen LogP) is 2.69. The van der Waals surface area contributed by atoms with Crippen molar-refractivity contribution in [1.82, 2.24) is 10.3 Å². The summed E-state index contributed by atoms with van der Waals surface area (Å²) in [5.74, 6) is -1.74. The lowest BCUT2D eigenvalue weighted by atomic mass is 9.82. The molecule has 0 aliphatic carbocycles. The summed E-state index contributed by atoms with van der Waals surface area (Å²) in [5.41, 5.74) is 2.88. The molecule has 2 aromatic rings. The molecule has 2 heterocycles. The molecule has 1 fully saturated rings. The summed E-state index contributed by atoms with van der Waals surface area (Å²) in [6.45, 7) is 1.02. The molecule has 1 aromatic heterocycles. The fourth-order valence-electron chi connectivity index (χ4n) is 3.20. The minimum Gasteiger partial charge on any atom is -0.334 e. The second kappa shape index (κ2) is 8.18. The summed E-state index contributed by atoms with van der Waals surface area (Å²) >= 11 is 0. The smallest absolute Gasteiger partial charge is 0.334 e. The van der Waals surface area contributed by atoms with E-state index in [1.165, 1.54) is 18.3 Å². The summed E-state index contributed by atoms with van der Waals surface area (Å²) in [7, 11) is 0. The van der Waals surface area contributed by atoms with Gasteiger partial charge in [-0.25, -0.2) is 13.8 Å². The average Bonchev–Trinajstić information content (AvgIpc) is 2.71. The fraction of sp³-hybridized carbons (Fsp3) is 0.316. The van der Waals surface area contributed by atoms with Gasteiger partial charge in [-0.3, -0.25) is 15.8 Å². The lowest BCUT2D eigenvalue weighted by Gasteiger charge is -2.45. The van der Waals surface area contributed by atoms with Crippen LogP contribution in [0.25, 0.3) is 0 Å². The highest BCUT2D eigenvalue weighted by molar-refractivity contribution is 6.02. The molecule has 1 unspecified atom stereocenters. The number of nitrogens with one attached hydrogen (secondary N) is 2. The molecular formula is C19H16F5N5O2. The monoisotopic (exact) mass is 441 g/mol. The molecule has 0 spiro atoms. The zero-order valence-electron chi connectivity index (χ0n) is 15.9. The van der Waals surface area contributed by atoms with Gasteiger partial charge in [-0.2, -0.15) is 18.4 Å². The van der Waals surface area contributed by atoms with E-state index in [-0.39, 0.29) is 16.9 Å². The Kier molecular flexibility index (Phi) is 5.95. The zero-order valence-corrected chi connectivity index (χ0v) is 15.9. The van der Waals surface area contributed by atoms with Crippen molar-refractivity contribution in [2.45, 2.75) is 37.3 Å². The zero-order chi connectivity index (χ0) is 23.0. The molecule has 1 saturated heterocycles. The van der Waals surface area contributed by atoms with Gasteiger partial charge in [0.2, 0.25) is 0 Å². The van der Waals surface area contributed by atoms with Gasteiger partial charge in [-0.1, -0.05) is 0 Å². The second-order valence-corrected chi connectivity index (χ2v) is 6.96. The van der Waals surface area contributed by atoms with E-state index in [2.05, 4.69) is 20.4 Å². The number of pyridine rings is 1. The van der Waals surface area contributed by atoms with Crippen molar-refractivity contribution in [2.24, 2.45) is 5.73 Å². The molecule has 0 saturated carbocycles. The summed E-state index contributed by atoms with van der Waals surface area (Å²) in [4.78, 5) is 16.1. The van der Waals surface area contributed by atoms with Gasteiger partial charge in [0.05, 0.1) is 11.1 Å². The van der Waals surface area contributed by atoms with Crippen molar-refractivity contribution in [2.75, 3.05) is 5.32 Å². The van der Waals surface area contributed by atoms with Crippen LogP contribution >= 0.6 is 0 Å². The number of aromatic nitrogens is 1. The van der Waals surface area contributed by atoms with Crippen molar-refractivity contribution in [3.05, 3.63) is 59.2 Å². The Hall–Kier alpha value is -3.14. The second-order valence-electron chi connectivity index (χ2n) is 6.96. The number of benzene rings is 1. The maximum absolute atomic E-state index is 14.9. The first-order valence-electron chi connectivity index (χ1n) is 8.83. The number of nitriles is 1. The van der Waals surface area contributed by atoms with E-state index >= 15 is 0 Å². The minimum atomic E-state index is -5.08. The van der Waals surface area contributed by atoms with E-state index in [1.807, 2.05) is 6.07 Å². The van der Waals surface area contributed by atoms with Crippen LogP contribution in [0.4, 0.5) is 27.6 Å². The molecule has 1 aliphatic rings. The van der Waals surface area contributed by atoms with Gasteiger partial charge in [-0.15, -0.1) is 0 Å². The van der Waals surface area contributed by atoms with Crippen LogP contribution in [0.2, 0.25) is 0 Å². The van der Waals surface area contributed by atoms with E-state index < -0.39 is 47.6 Å². The third kappa shape index (κ3) is 4.48. The maximum atomic E-state index is 14.9. The van der Waals surface area contributed by atoms with Crippen LogP contribution in [0.5, 0.6) is 0 Å². The average molecular weight is 441 g/mol. The third-order valence-electron chi connectivity index (χ3n) is 4.78. The highest BCUT2D eigenvalue weighted by Gasteiger charge is 2.58. The number of hydrogen-bond acceptors (Lipinski definition) is 6. The molecule has 0 bridgehead atoms. The van der Waals surface area contributed by atoms with Gasteiger partial charge in [0.1, 0.15) is 17.6 Å². The Balaban J connectivity index is 1.92. The number of nitrogens with zero attached hydrogens (tertiary/aromatic N) is 2.